The first-order valence-electron chi connectivity index (χ1n) is 4.81. The van der Waals surface area contributed by atoms with Crippen LogP contribution in [0.2, 0.25) is 0 Å². The molecule has 3 nitrogen and oxygen atoms in total. The topological polar surface area (TPSA) is 40.5 Å². The summed E-state index contributed by atoms with van der Waals surface area (Å²) in [6, 6.07) is 0. The van der Waals surface area contributed by atoms with Gasteiger partial charge in [-0.3, -0.25) is 4.79 Å². The summed E-state index contributed by atoms with van der Waals surface area (Å²) in [6.07, 6.45) is 1.53. The van der Waals surface area contributed by atoms with Gasteiger partial charge in [0, 0.05) is 0 Å². The fourth-order valence-electron chi connectivity index (χ4n) is 1.33. The van der Waals surface area contributed by atoms with Crippen LogP contribution in [0.5, 0.6) is 0 Å². The maximum absolute atomic E-state index is 10.8. The third-order valence-corrected chi connectivity index (χ3v) is 2.03. The summed E-state index contributed by atoms with van der Waals surface area (Å²) in [6.45, 7) is 4.97. The van der Waals surface area contributed by atoms with E-state index in [2.05, 4.69) is 13.8 Å². The van der Waals surface area contributed by atoms with Gasteiger partial charge in [-0.25, -0.2) is 0 Å². The molecule has 0 fully saturated rings. The second-order valence-electron chi connectivity index (χ2n) is 4.26. The van der Waals surface area contributed by atoms with E-state index in [1.165, 1.54) is 0 Å². The normalized spacial score (nSPS) is 13.7. The molecule has 0 aliphatic heterocycles. The molecule has 1 unspecified atom stereocenters. The van der Waals surface area contributed by atoms with E-state index < -0.39 is 5.97 Å². The zero-order valence-corrected chi connectivity index (χ0v) is 9.08. The quantitative estimate of drug-likeness (QED) is 0.688. The molecule has 0 radical (unpaired) electrons. The minimum absolute atomic E-state index is 0.178. The molecule has 1 atom stereocenters. The fraction of sp³-hybridized carbons (Fsp3) is 0.900. The van der Waals surface area contributed by atoms with E-state index in [0.717, 1.165) is 19.4 Å². The van der Waals surface area contributed by atoms with Gasteiger partial charge in [-0.2, -0.15) is 0 Å². The number of carboxylic acids is 1. The molecule has 3 heteroatoms. The Labute approximate surface area is 80.7 Å². The molecular formula is C10H21NO2. The lowest BCUT2D eigenvalue weighted by molar-refractivity contribution is -0.142. The van der Waals surface area contributed by atoms with Crippen molar-refractivity contribution in [3.05, 3.63) is 0 Å². The minimum atomic E-state index is -0.657. The molecule has 0 aromatic carbocycles. The van der Waals surface area contributed by atoms with E-state index in [9.17, 15) is 4.79 Å². The molecule has 0 aromatic rings. The van der Waals surface area contributed by atoms with Crippen LogP contribution in [0.25, 0.3) is 0 Å². The van der Waals surface area contributed by atoms with E-state index in [4.69, 9.17) is 5.11 Å². The van der Waals surface area contributed by atoms with Gasteiger partial charge >= 0.3 is 5.97 Å². The summed E-state index contributed by atoms with van der Waals surface area (Å²) in [4.78, 5) is 12.9. The smallest absolute Gasteiger partial charge is 0.306 e. The predicted molar refractivity (Wildman–Crippen MR) is 53.8 cm³/mol. The van der Waals surface area contributed by atoms with Crippen LogP contribution in [0.1, 0.15) is 26.7 Å². The van der Waals surface area contributed by atoms with Crippen molar-refractivity contribution in [2.24, 2.45) is 11.8 Å². The molecule has 0 heterocycles. The van der Waals surface area contributed by atoms with Gasteiger partial charge in [-0.1, -0.05) is 13.8 Å². The molecule has 0 aliphatic carbocycles. The van der Waals surface area contributed by atoms with E-state index in [-0.39, 0.29) is 5.92 Å². The Bertz CT molecular complexity index is 155. The molecule has 0 spiro atoms. The average Bonchev–Trinajstić information content (AvgIpc) is 1.96. The number of aliphatic carboxylic acids is 1. The van der Waals surface area contributed by atoms with Gasteiger partial charge in [-0.15, -0.1) is 0 Å². The number of hydrogen-bond acceptors (Lipinski definition) is 2. The van der Waals surface area contributed by atoms with Crippen LogP contribution in [0.3, 0.4) is 0 Å². The summed E-state index contributed by atoms with van der Waals surface area (Å²) in [5, 5.41) is 8.92. The van der Waals surface area contributed by atoms with Crippen LogP contribution in [-0.2, 0) is 4.79 Å². The summed E-state index contributed by atoms with van der Waals surface area (Å²) in [5.41, 5.74) is 0. The van der Waals surface area contributed by atoms with Crippen molar-refractivity contribution in [3.8, 4) is 0 Å². The van der Waals surface area contributed by atoms with Gasteiger partial charge in [0.25, 0.3) is 0 Å². The van der Waals surface area contributed by atoms with E-state index >= 15 is 0 Å². The van der Waals surface area contributed by atoms with Gasteiger partial charge in [0.2, 0.25) is 0 Å². The SMILES string of the molecule is CC(C)CC(CCN(C)C)C(=O)O. The van der Waals surface area contributed by atoms with Crippen molar-refractivity contribution in [1.82, 2.24) is 4.90 Å². The lowest BCUT2D eigenvalue weighted by Crippen LogP contribution is -2.22. The van der Waals surface area contributed by atoms with Crippen LogP contribution in [0.4, 0.5) is 0 Å². The van der Waals surface area contributed by atoms with Gasteiger partial charge in [0.15, 0.2) is 0 Å². The highest BCUT2D eigenvalue weighted by Gasteiger charge is 2.18. The van der Waals surface area contributed by atoms with Crippen LogP contribution in [-0.4, -0.2) is 36.6 Å². The Kier molecular flexibility index (Phi) is 5.71. The lowest BCUT2D eigenvalue weighted by Gasteiger charge is -2.16. The van der Waals surface area contributed by atoms with E-state index in [1.54, 1.807) is 0 Å². The van der Waals surface area contributed by atoms with Gasteiger partial charge < -0.3 is 10.0 Å². The van der Waals surface area contributed by atoms with E-state index in [1.807, 2.05) is 19.0 Å². The summed E-state index contributed by atoms with van der Waals surface area (Å²) >= 11 is 0. The molecule has 0 aliphatic rings. The Morgan fingerprint density at radius 1 is 1.38 bits per heavy atom. The van der Waals surface area contributed by atoms with Gasteiger partial charge in [-0.05, 0) is 39.4 Å². The number of rotatable bonds is 6. The third kappa shape index (κ3) is 6.58. The number of carbonyl (C=O) groups is 1. The molecule has 0 saturated heterocycles. The lowest BCUT2D eigenvalue weighted by atomic mass is 9.94. The summed E-state index contributed by atoms with van der Waals surface area (Å²) < 4.78 is 0. The molecular weight excluding hydrogens is 166 g/mol. The summed E-state index contributed by atoms with van der Waals surface area (Å²) in [5.74, 6) is -0.374. The largest absolute Gasteiger partial charge is 0.481 e. The minimum Gasteiger partial charge on any atom is -0.481 e. The van der Waals surface area contributed by atoms with Crippen LogP contribution in [0.15, 0.2) is 0 Å². The van der Waals surface area contributed by atoms with Crippen molar-refractivity contribution >= 4 is 5.97 Å². The van der Waals surface area contributed by atoms with Crippen molar-refractivity contribution in [3.63, 3.8) is 0 Å². The second-order valence-corrected chi connectivity index (χ2v) is 4.26. The third-order valence-electron chi connectivity index (χ3n) is 2.03. The monoisotopic (exact) mass is 187 g/mol. The van der Waals surface area contributed by atoms with Crippen molar-refractivity contribution < 1.29 is 9.90 Å². The Hall–Kier alpha value is -0.570. The van der Waals surface area contributed by atoms with Crippen molar-refractivity contribution in [1.29, 1.82) is 0 Å². The molecule has 0 aromatic heterocycles. The summed E-state index contributed by atoms with van der Waals surface area (Å²) in [7, 11) is 3.93. The van der Waals surface area contributed by atoms with Gasteiger partial charge in [0.1, 0.15) is 0 Å². The van der Waals surface area contributed by atoms with Gasteiger partial charge in [0.05, 0.1) is 5.92 Å². The molecule has 0 rings (SSSR count). The van der Waals surface area contributed by atoms with E-state index in [0.29, 0.717) is 5.92 Å². The second kappa shape index (κ2) is 5.97. The molecule has 78 valence electrons. The number of nitrogens with zero attached hydrogens (tertiary/aromatic N) is 1. The highest BCUT2D eigenvalue weighted by atomic mass is 16.4. The van der Waals surface area contributed by atoms with Crippen molar-refractivity contribution in [2.75, 3.05) is 20.6 Å². The first-order chi connectivity index (χ1) is 5.93. The first kappa shape index (κ1) is 12.4. The number of hydrogen-bond donors (Lipinski definition) is 1. The van der Waals surface area contributed by atoms with Crippen LogP contribution < -0.4 is 0 Å². The average molecular weight is 187 g/mol. The van der Waals surface area contributed by atoms with Crippen LogP contribution >= 0.6 is 0 Å². The maximum atomic E-state index is 10.8. The highest BCUT2D eigenvalue weighted by Crippen LogP contribution is 2.15. The molecule has 0 saturated carbocycles. The Balaban J connectivity index is 3.88. The van der Waals surface area contributed by atoms with Crippen LogP contribution in [0, 0.1) is 11.8 Å². The molecule has 0 bridgehead atoms. The Morgan fingerprint density at radius 2 is 1.92 bits per heavy atom. The highest BCUT2D eigenvalue weighted by molar-refractivity contribution is 5.69. The predicted octanol–water partition coefficient (Wildman–Crippen LogP) is 1.69. The Morgan fingerprint density at radius 3 is 2.23 bits per heavy atom. The number of carboxylic acid groups (broad SMARTS) is 1. The maximum Gasteiger partial charge on any atom is 0.306 e. The molecule has 0 amide bonds. The molecule has 13 heavy (non-hydrogen) atoms. The molecule has 1 N–H and O–H groups in total. The van der Waals surface area contributed by atoms with Crippen molar-refractivity contribution in [2.45, 2.75) is 26.7 Å². The standard InChI is InChI=1S/C10H21NO2/c1-8(2)7-9(10(12)13)5-6-11(3)4/h8-9H,5-7H2,1-4H3,(H,12,13). The fourth-order valence-corrected chi connectivity index (χ4v) is 1.33. The first-order valence-corrected chi connectivity index (χ1v) is 4.81. The zero-order valence-electron chi connectivity index (χ0n) is 9.08. The zero-order chi connectivity index (χ0) is 10.4.